The van der Waals surface area contributed by atoms with Gasteiger partial charge in [0.1, 0.15) is 5.75 Å². The highest BCUT2D eigenvalue weighted by Crippen LogP contribution is 2.19. The summed E-state index contributed by atoms with van der Waals surface area (Å²) >= 11 is 0. The number of ether oxygens (including phenoxy) is 1. The van der Waals surface area contributed by atoms with Crippen molar-refractivity contribution in [2.75, 3.05) is 43.0 Å². The van der Waals surface area contributed by atoms with Gasteiger partial charge in [-0.05, 0) is 31.2 Å². The van der Waals surface area contributed by atoms with Crippen LogP contribution in [0, 0.1) is 0 Å². The number of nitrogens with zero attached hydrogens (tertiary/aromatic N) is 5. The summed E-state index contributed by atoms with van der Waals surface area (Å²) in [5, 5.41) is 11.3. The number of anilines is 3. The van der Waals surface area contributed by atoms with Crippen molar-refractivity contribution in [1.29, 1.82) is 0 Å². The van der Waals surface area contributed by atoms with Crippen LogP contribution in [0.5, 0.6) is 5.75 Å². The number of carbonyl (C=O) groups is 1. The highest BCUT2D eigenvalue weighted by atomic mass is 16.5. The lowest BCUT2D eigenvalue weighted by atomic mass is 10.3. The summed E-state index contributed by atoms with van der Waals surface area (Å²) in [6.07, 6.45) is 2.46. The average molecular weight is 328 g/mol. The monoisotopic (exact) mass is 328 g/mol. The zero-order valence-electron chi connectivity index (χ0n) is 13.6. The predicted octanol–water partition coefficient (Wildman–Crippen LogP) is 1.29. The molecule has 1 aromatic carbocycles. The fourth-order valence-corrected chi connectivity index (χ4v) is 2.46. The van der Waals surface area contributed by atoms with Crippen molar-refractivity contribution < 1.29 is 9.53 Å². The van der Waals surface area contributed by atoms with Crippen LogP contribution >= 0.6 is 0 Å². The third-order valence-electron chi connectivity index (χ3n) is 3.73. The van der Waals surface area contributed by atoms with Gasteiger partial charge in [-0.15, -0.1) is 5.10 Å². The third-order valence-corrected chi connectivity index (χ3v) is 3.73. The van der Waals surface area contributed by atoms with E-state index in [1.807, 2.05) is 36.1 Å². The van der Waals surface area contributed by atoms with Crippen LogP contribution < -0.4 is 15.0 Å². The first-order valence-electron chi connectivity index (χ1n) is 7.92. The molecule has 0 radical (unpaired) electrons. The van der Waals surface area contributed by atoms with Gasteiger partial charge < -0.3 is 19.9 Å². The topological polar surface area (TPSA) is 83.5 Å². The first kappa shape index (κ1) is 16.0. The molecule has 1 aliphatic heterocycles. The zero-order valence-corrected chi connectivity index (χ0v) is 13.6. The fourth-order valence-electron chi connectivity index (χ4n) is 2.46. The number of piperazine rings is 1. The molecule has 1 saturated heterocycles. The maximum Gasteiger partial charge on any atom is 0.247 e. The molecule has 3 rings (SSSR count). The van der Waals surface area contributed by atoms with Gasteiger partial charge in [0.05, 0.1) is 12.8 Å². The number of nitrogens with one attached hydrogen (secondary N) is 1. The van der Waals surface area contributed by atoms with Crippen LogP contribution in [-0.4, -0.2) is 59.3 Å². The molecule has 126 valence electrons. The van der Waals surface area contributed by atoms with Gasteiger partial charge >= 0.3 is 0 Å². The number of rotatable bonds is 6. The van der Waals surface area contributed by atoms with Crippen LogP contribution in [0.2, 0.25) is 0 Å². The molecule has 1 N–H and O–H groups in total. The quantitative estimate of drug-likeness (QED) is 0.800. The largest absolute Gasteiger partial charge is 0.494 e. The first-order chi connectivity index (χ1) is 11.8. The van der Waals surface area contributed by atoms with E-state index < -0.39 is 0 Å². The van der Waals surface area contributed by atoms with Crippen LogP contribution in [0.1, 0.15) is 6.92 Å². The van der Waals surface area contributed by atoms with Gasteiger partial charge in [-0.2, -0.15) is 10.1 Å². The number of hydrogen-bond acceptors (Lipinski definition) is 7. The molecule has 1 amide bonds. The van der Waals surface area contributed by atoms with Crippen molar-refractivity contribution in [3.8, 4) is 5.75 Å². The van der Waals surface area contributed by atoms with Crippen molar-refractivity contribution in [2.24, 2.45) is 0 Å². The van der Waals surface area contributed by atoms with E-state index in [0.29, 0.717) is 44.6 Å². The van der Waals surface area contributed by atoms with Gasteiger partial charge in [-0.1, -0.05) is 0 Å². The van der Waals surface area contributed by atoms with Gasteiger partial charge in [0.25, 0.3) is 0 Å². The molecule has 1 fully saturated rings. The Hall–Kier alpha value is -2.90. The number of hydrogen-bond donors (Lipinski definition) is 1. The van der Waals surface area contributed by atoms with Crippen molar-refractivity contribution in [1.82, 2.24) is 20.1 Å². The fraction of sp³-hybridized carbons (Fsp3) is 0.375. The number of carbonyl (C=O) groups excluding carboxylic acids is 1. The van der Waals surface area contributed by atoms with E-state index in [1.165, 1.54) is 0 Å². The van der Waals surface area contributed by atoms with E-state index in [4.69, 9.17) is 4.74 Å². The lowest BCUT2D eigenvalue weighted by Gasteiger charge is -2.32. The Morgan fingerprint density at radius 2 is 1.96 bits per heavy atom. The van der Waals surface area contributed by atoms with Crippen LogP contribution in [0.15, 0.2) is 30.5 Å². The molecule has 2 heterocycles. The van der Waals surface area contributed by atoms with Crippen molar-refractivity contribution >= 4 is 23.9 Å². The van der Waals surface area contributed by atoms with Crippen molar-refractivity contribution in [2.45, 2.75) is 6.92 Å². The molecule has 0 aliphatic carbocycles. The number of benzene rings is 1. The Bertz CT molecular complexity index is 671. The zero-order chi connectivity index (χ0) is 16.8. The van der Waals surface area contributed by atoms with E-state index in [-0.39, 0.29) is 0 Å². The molecule has 0 atom stereocenters. The van der Waals surface area contributed by atoms with Crippen LogP contribution in [0.3, 0.4) is 0 Å². The summed E-state index contributed by atoms with van der Waals surface area (Å²) in [6.45, 7) is 5.34. The van der Waals surface area contributed by atoms with Crippen LogP contribution in [0.4, 0.5) is 17.5 Å². The van der Waals surface area contributed by atoms with Gasteiger partial charge in [0.15, 0.2) is 5.82 Å². The molecule has 0 saturated carbocycles. The maximum absolute atomic E-state index is 10.8. The van der Waals surface area contributed by atoms with E-state index in [1.54, 1.807) is 11.1 Å². The second kappa shape index (κ2) is 7.58. The Kier molecular flexibility index (Phi) is 5.05. The van der Waals surface area contributed by atoms with Crippen LogP contribution in [0.25, 0.3) is 0 Å². The first-order valence-corrected chi connectivity index (χ1v) is 7.92. The van der Waals surface area contributed by atoms with E-state index in [2.05, 4.69) is 20.5 Å². The molecular formula is C16H20N6O2. The minimum absolute atomic E-state index is 0.566. The molecule has 2 aromatic rings. The Morgan fingerprint density at radius 3 is 2.62 bits per heavy atom. The van der Waals surface area contributed by atoms with Gasteiger partial charge in [0.2, 0.25) is 12.4 Å². The summed E-state index contributed by atoms with van der Waals surface area (Å²) in [4.78, 5) is 19.0. The maximum atomic E-state index is 10.8. The summed E-state index contributed by atoms with van der Waals surface area (Å²) in [5.41, 5.74) is 0.899. The smallest absolute Gasteiger partial charge is 0.247 e. The number of amides is 1. The third kappa shape index (κ3) is 3.89. The molecule has 1 aromatic heterocycles. The SMILES string of the molecule is CCOc1ccc(Nc2cnnc(N3CCN(C=O)CC3)n2)cc1. The standard InChI is InChI=1S/C16H20N6O2/c1-2-24-14-5-3-13(4-6-14)18-15-11-17-20-16(19-15)22-9-7-21(12-23)8-10-22/h3-6,11-12H,2,7-10H2,1H3,(H,18,19,20). The van der Waals surface area contributed by atoms with E-state index in [0.717, 1.165) is 17.8 Å². The van der Waals surface area contributed by atoms with Gasteiger partial charge in [-0.3, -0.25) is 4.79 Å². The van der Waals surface area contributed by atoms with E-state index in [9.17, 15) is 4.79 Å². The second-order valence-electron chi connectivity index (χ2n) is 5.35. The second-order valence-corrected chi connectivity index (χ2v) is 5.35. The van der Waals surface area contributed by atoms with Crippen molar-refractivity contribution in [3.63, 3.8) is 0 Å². The molecule has 0 spiro atoms. The van der Waals surface area contributed by atoms with Crippen molar-refractivity contribution in [3.05, 3.63) is 30.5 Å². The molecule has 8 nitrogen and oxygen atoms in total. The molecule has 0 unspecified atom stereocenters. The normalized spacial score (nSPS) is 14.4. The minimum Gasteiger partial charge on any atom is -0.494 e. The molecule has 8 heteroatoms. The summed E-state index contributed by atoms with van der Waals surface area (Å²) in [5.74, 6) is 2.02. The summed E-state index contributed by atoms with van der Waals surface area (Å²) in [7, 11) is 0. The summed E-state index contributed by atoms with van der Waals surface area (Å²) < 4.78 is 5.43. The van der Waals surface area contributed by atoms with Gasteiger partial charge in [-0.25, -0.2) is 0 Å². The Labute approximate surface area is 140 Å². The summed E-state index contributed by atoms with van der Waals surface area (Å²) in [6, 6.07) is 7.66. The van der Waals surface area contributed by atoms with Gasteiger partial charge in [0, 0.05) is 31.9 Å². The lowest BCUT2D eigenvalue weighted by molar-refractivity contribution is -0.118. The predicted molar refractivity (Wildman–Crippen MR) is 90.6 cm³/mol. The Balaban J connectivity index is 1.65. The lowest BCUT2D eigenvalue weighted by Crippen LogP contribution is -2.46. The number of aromatic nitrogens is 3. The molecule has 0 bridgehead atoms. The van der Waals surface area contributed by atoms with E-state index >= 15 is 0 Å². The minimum atomic E-state index is 0.566. The average Bonchev–Trinajstić information content (AvgIpc) is 2.64. The Morgan fingerprint density at radius 1 is 1.21 bits per heavy atom. The molecule has 1 aliphatic rings. The molecular weight excluding hydrogens is 308 g/mol. The highest BCUT2D eigenvalue weighted by Gasteiger charge is 2.18. The highest BCUT2D eigenvalue weighted by molar-refractivity contribution is 5.57. The molecule has 24 heavy (non-hydrogen) atoms. The van der Waals surface area contributed by atoms with Crippen LogP contribution in [-0.2, 0) is 4.79 Å².